The van der Waals surface area contributed by atoms with Crippen LogP contribution in [0, 0.1) is 13.8 Å². The van der Waals surface area contributed by atoms with Crippen LogP contribution < -0.4 is 5.32 Å². The molecule has 1 saturated heterocycles. The van der Waals surface area contributed by atoms with Gasteiger partial charge in [0.15, 0.2) is 0 Å². The third-order valence-electron chi connectivity index (χ3n) is 2.90. The molecule has 0 amide bonds. The molecule has 1 N–H and O–H groups in total. The molecule has 0 radical (unpaired) electrons. The molecule has 1 fully saturated rings. The van der Waals surface area contributed by atoms with E-state index in [0.717, 1.165) is 29.0 Å². The van der Waals surface area contributed by atoms with Crippen LogP contribution in [-0.4, -0.2) is 23.5 Å². The van der Waals surface area contributed by atoms with Gasteiger partial charge in [0.05, 0.1) is 5.69 Å². The first-order chi connectivity index (χ1) is 7.27. The Bertz CT molecular complexity index is 299. The maximum atomic E-state index is 5.16. The number of rotatable bonds is 3. The van der Waals surface area contributed by atoms with Crippen LogP contribution in [0.1, 0.15) is 29.9 Å². The van der Waals surface area contributed by atoms with Crippen molar-refractivity contribution in [2.75, 3.05) is 13.1 Å². The van der Waals surface area contributed by atoms with E-state index in [4.69, 9.17) is 4.52 Å². The van der Waals surface area contributed by atoms with Crippen molar-refractivity contribution >= 4 is 11.8 Å². The lowest BCUT2D eigenvalue weighted by atomic mass is 10.2. The summed E-state index contributed by atoms with van der Waals surface area (Å²) in [5.74, 6) is 2.01. The predicted molar refractivity (Wildman–Crippen MR) is 63.2 cm³/mol. The summed E-state index contributed by atoms with van der Waals surface area (Å²) < 4.78 is 5.16. The minimum atomic E-state index is 0.757. The highest BCUT2D eigenvalue weighted by Crippen LogP contribution is 2.25. The molecule has 1 aromatic heterocycles. The lowest BCUT2D eigenvalue weighted by Crippen LogP contribution is -2.31. The SMILES string of the molecule is Cc1noc(C)c1CSC1CCCNC1. The van der Waals surface area contributed by atoms with Crippen LogP contribution in [0.2, 0.25) is 0 Å². The molecule has 3 nitrogen and oxygen atoms in total. The normalized spacial score (nSPS) is 21.9. The fraction of sp³-hybridized carbons (Fsp3) is 0.727. The van der Waals surface area contributed by atoms with Gasteiger partial charge in [0.2, 0.25) is 0 Å². The monoisotopic (exact) mass is 226 g/mol. The van der Waals surface area contributed by atoms with E-state index in [1.165, 1.54) is 24.9 Å². The number of hydrogen-bond donors (Lipinski definition) is 1. The Balaban J connectivity index is 1.87. The van der Waals surface area contributed by atoms with Crippen molar-refractivity contribution in [3.63, 3.8) is 0 Å². The Morgan fingerprint density at radius 3 is 3.00 bits per heavy atom. The molecule has 0 saturated carbocycles. The van der Waals surface area contributed by atoms with E-state index in [1.807, 2.05) is 25.6 Å². The van der Waals surface area contributed by atoms with Crippen LogP contribution in [0.25, 0.3) is 0 Å². The molecule has 1 aromatic rings. The second kappa shape index (κ2) is 5.03. The summed E-state index contributed by atoms with van der Waals surface area (Å²) in [6, 6.07) is 0. The minimum absolute atomic E-state index is 0.757. The average Bonchev–Trinajstić information content (AvgIpc) is 2.58. The average molecular weight is 226 g/mol. The lowest BCUT2D eigenvalue weighted by Gasteiger charge is -2.21. The molecule has 2 rings (SSSR count). The largest absolute Gasteiger partial charge is 0.361 e. The van der Waals surface area contributed by atoms with Gasteiger partial charge in [-0.15, -0.1) is 0 Å². The maximum absolute atomic E-state index is 5.16. The number of aromatic nitrogens is 1. The van der Waals surface area contributed by atoms with Crippen molar-refractivity contribution in [1.82, 2.24) is 10.5 Å². The number of nitrogens with zero attached hydrogens (tertiary/aromatic N) is 1. The second-order valence-electron chi connectivity index (χ2n) is 4.08. The Morgan fingerprint density at radius 2 is 2.40 bits per heavy atom. The predicted octanol–water partition coefficient (Wildman–Crippen LogP) is 2.28. The zero-order chi connectivity index (χ0) is 10.7. The molecular formula is C11H18N2OS. The smallest absolute Gasteiger partial charge is 0.137 e. The molecule has 1 atom stereocenters. The molecule has 0 spiro atoms. The first kappa shape index (κ1) is 11.0. The highest BCUT2D eigenvalue weighted by atomic mass is 32.2. The van der Waals surface area contributed by atoms with Gasteiger partial charge in [-0.05, 0) is 33.2 Å². The van der Waals surface area contributed by atoms with Crippen LogP contribution in [0.3, 0.4) is 0 Å². The molecule has 0 aromatic carbocycles. The molecular weight excluding hydrogens is 208 g/mol. The fourth-order valence-corrected chi connectivity index (χ4v) is 3.25. The van der Waals surface area contributed by atoms with Crippen LogP contribution in [0.15, 0.2) is 4.52 Å². The Morgan fingerprint density at radius 1 is 1.53 bits per heavy atom. The number of piperidine rings is 1. The van der Waals surface area contributed by atoms with E-state index < -0.39 is 0 Å². The Hall–Kier alpha value is -0.480. The summed E-state index contributed by atoms with van der Waals surface area (Å²) in [4.78, 5) is 0. The van der Waals surface area contributed by atoms with Gasteiger partial charge in [0.25, 0.3) is 0 Å². The highest BCUT2D eigenvalue weighted by molar-refractivity contribution is 7.99. The molecule has 0 bridgehead atoms. The third kappa shape index (κ3) is 2.75. The van der Waals surface area contributed by atoms with Gasteiger partial charge in [0, 0.05) is 23.1 Å². The van der Waals surface area contributed by atoms with Crippen LogP contribution in [-0.2, 0) is 5.75 Å². The van der Waals surface area contributed by atoms with Crippen molar-refractivity contribution in [2.45, 2.75) is 37.7 Å². The maximum Gasteiger partial charge on any atom is 0.137 e. The van der Waals surface area contributed by atoms with Crippen molar-refractivity contribution in [3.8, 4) is 0 Å². The van der Waals surface area contributed by atoms with Crippen LogP contribution >= 0.6 is 11.8 Å². The van der Waals surface area contributed by atoms with Gasteiger partial charge in [-0.1, -0.05) is 5.16 Å². The second-order valence-corrected chi connectivity index (χ2v) is 5.37. The standard InChI is InChI=1S/C11H18N2OS/c1-8-11(9(2)14-13-8)7-15-10-4-3-5-12-6-10/h10,12H,3-7H2,1-2H3. The number of nitrogens with one attached hydrogen (secondary N) is 1. The topological polar surface area (TPSA) is 38.1 Å². The molecule has 4 heteroatoms. The van der Waals surface area contributed by atoms with Crippen molar-refractivity contribution in [1.29, 1.82) is 0 Å². The van der Waals surface area contributed by atoms with Gasteiger partial charge in [-0.3, -0.25) is 0 Å². The molecule has 1 aliphatic heterocycles. The Kier molecular flexibility index (Phi) is 3.70. The Labute approximate surface area is 95.0 Å². The third-order valence-corrected chi connectivity index (χ3v) is 4.23. The number of thioether (sulfide) groups is 1. The first-order valence-corrected chi connectivity index (χ1v) is 6.56. The minimum Gasteiger partial charge on any atom is -0.361 e. The van der Waals surface area contributed by atoms with Crippen molar-refractivity contribution in [3.05, 3.63) is 17.0 Å². The van der Waals surface area contributed by atoms with Gasteiger partial charge in [-0.2, -0.15) is 11.8 Å². The molecule has 15 heavy (non-hydrogen) atoms. The lowest BCUT2D eigenvalue weighted by molar-refractivity contribution is 0.392. The van der Waals surface area contributed by atoms with Gasteiger partial charge >= 0.3 is 0 Å². The van der Waals surface area contributed by atoms with E-state index in [0.29, 0.717) is 0 Å². The van der Waals surface area contributed by atoms with E-state index >= 15 is 0 Å². The quantitative estimate of drug-likeness (QED) is 0.858. The summed E-state index contributed by atoms with van der Waals surface area (Å²) >= 11 is 2.02. The van der Waals surface area contributed by atoms with Gasteiger partial charge < -0.3 is 9.84 Å². The van der Waals surface area contributed by atoms with Crippen molar-refractivity contribution < 1.29 is 4.52 Å². The molecule has 84 valence electrons. The summed E-state index contributed by atoms with van der Waals surface area (Å²) in [6.07, 6.45) is 2.64. The summed E-state index contributed by atoms with van der Waals surface area (Å²) in [5, 5.41) is 8.17. The summed E-state index contributed by atoms with van der Waals surface area (Å²) in [5.41, 5.74) is 2.33. The first-order valence-electron chi connectivity index (χ1n) is 5.51. The number of aryl methyl sites for hydroxylation is 2. The van der Waals surface area contributed by atoms with Crippen LogP contribution in [0.5, 0.6) is 0 Å². The molecule has 2 heterocycles. The van der Waals surface area contributed by atoms with Gasteiger partial charge in [0.1, 0.15) is 5.76 Å². The molecule has 1 aliphatic rings. The fourth-order valence-electron chi connectivity index (χ4n) is 1.87. The van der Waals surface area contributed by atoms with Gasteiger partial charge in [-0.25, -0.2) is 0 Å². The van der Waals surface area contributed by atoms with E-state index in [-0.39, 0.29) is 0 Å². The van der Waals surface area contributed by atoms with Crippen LogP contribution in [0.4, 0.5) is 0 Å². The molecule has 0 aliphatic carbocycles. The summed E-state index contributed by atoms with van der Waals surface area (Å²) in [7, 11) is 0. The van der Waals surface area contributed by atoms with Crippen molar-refractivity contribution in [2.24, 2.45) is 0 Å². The zero-order valence-electron chi connectivity index (χ0n) is 9.38. The van der Waals surface area contributed by atoms with E-state index in [1.54, 1.807) is 0 Å². The molecule has 1 unspecified atom stereocenters. The number of hydrogen-bond acceptors (Lipinski definition) is 4. The highest BCUT2D eigenvalue weighted by Gasteiger charge is 2.15. The zero-order valence-corrected chi connectivity index (χ0v) is 10.2. The van der Waals surface area contributed by atoms with E-state index in [2.05, 4.69) is 10.5 Å². The van der Waals surface area contributed by atoms with E-state index in [9.17, 15) is 0 Å². The summed E-state index contributed by atoms with van der Waals surface area (Å²) in [6.45, 7) is 6.34.